The van der Waals surface area contributed by atoms with Gasteiger partial charge >= 0.3 is 5.69 Å². The molecule has 0 bridgehead atoms. The summed E-state index contributed by atoms with van der Waals surface area (Å²) in [6, 6.07) is 2.83. The highest BCUT2D eigenvalue weighted by atomic mass is 32.1. The van der Waals surface area contributed by atoms with Crippen molar-refractivity contribution in [3.05, 3.63) is 61.8 Å². The van der Waals surface area contributed by atoms with E-state index in [-0.39, 0.29) is 6.54 Å². The van der Waals surface area contributed by atoms with Crippen molar-refractivity contribution < 1.29 is 18.5 Å². The predicted molar refractivity (Wildman–Crippen MR) is 73.4 cm³/mol. The van der Waals surface area contributed by atoms with Gasteiger partial charge in [0, 0.05) is 6.54 Å². The quantitative estimate of drug-likeness (QED) is 0.681. The minimum absolute atomic E-state index is 0.258. The van der Waals surface area contributed by atoms with Crippen LogP contribution < -0.4 is 5.32 Å². The van der Waals surface area contributed by atoms with Crippen LogP contribution >= 0.6 is 11.3 Å². The van der Waals surface area contributed by atoms with E-state index in [2.05, 4.69) is 5.32 Å². The summed E-state index contributed by atoms with van der Waals surface area (Å²) in [6.45, 7) is 0.258. The Bertz CT molecular complexity index is 674. The van der Waals surface area contributed by atoms with Gasteiger partial charge in [0.1, 0.15) is 5.82 Å². The maximum Gasteiger partial charge on any atom is 0.307 e. The molecule has 2 aromatic rings. The van der Waals surface area contributed by atoms with Gasteiger partial charge in [-0.15, -0.1) is 0 Å². The Morgan fingerprint density at radius 2 is 2.10 bits per heavy atom. The predicted octanol–water partition coefficient (Wildman–Crippen LogP) is 2.91. The molecule has 1 N–H and O–H groups in total. The highest BCUT2D eigenvalue weighted by Gasteiger charge is 2.21. The van der Waals surface area contributed by atoms with Gasteiger partial charge in [-0.3, -0.25) is 14.9 Å². The van der Waals surface area contributed by atoms with E-state index in [1.54, 1.807) is 0 Å². The molecule has 0 unspecified atom stereocenters. The van der Waals surface area contributed by atoms with Crippen LogP contribution in [0.2, 0.25) is 0 Å². The third-order valence-corrected chi connectivity index (χ3v) is 3.49. The molecule has 8 heteroatoms. The number of hydrogen-bond acceptors (Lipinski definition) is 4. The van der Waals surface area contributed by atoms with Crippen molar-refractivity contribution in [3.63, 3.8) is 0 Å². The molecule has 0 aliphatic carbocycles. The number of carbonyl (C=O) groups excluding carboxylic acids is 1. The number of nitrogens with zero attached hydrogens (tertiary/aromatic N) is 1. The van der Waals surface area contributed by atoms with Crippen LogP contribution in [-0.2, 0) is 6.42 Å². The van der Waals surface area contributed by atoms with E-state index in [1.165, 1.54) is 11.3 Å². The van der Waals surface area contributed by atoms with Gasteiger partial charge in [-0.25, -0.2) is 4.39 Å². The lowest BCUT2D eigenvalue weighted by Gasteiger charge is -2.06. The van der Waals surface area contributed by atoms with E-state index in [0.29, 0.717) is 18.6 Å². The van der Waals surface area contributed by atoms with Crippen molar-refractivity contribution in [2.24, 2.45) is 0 Å². The van der Waals surface area contributed by atoms with Crippen molar-refractivity contribution in [2.45, 2.75) is 6.42 Å². The topological polar surface area (TPSA) is 72.2 Å². The minimum Gasteiger partial charge on any atom is -0.352 e. The number of halogens is 2. The second kappa shape index (κ2) is 6.40. The molecule has 1 aromatic heterocycles. The number of benzene rings is 1. The van der Waals surface area contributed by atoms with Crippen LogP contribution in [0.5, 0.6) is 0 Å². The zero-order valence-electron chi connectivity index (χ0n) is 10.6. The van der Waals surface area contributed by atoms with E-state index in [4.69, 9.17) is 0 Å². The summed E-state index contributed by atoms with van der Waals surface area (Å²) < 4.78 is 27.0. The fraction of sp³-hybridized carbons (Fsp3) is 0.154. The maximum absolute atomic E-state index is 13.6. The zero-order chi connectivity index (χ0) is 15.4. The second-order valence-electron chi connectivity index (χ2n) is 4.18. The summed E-state index contributed by atoms with van der Waals surface area (Å²) in [5.74, 6) is -3.18. The Balaban J connectivity index is 2.05. The summed E-state index contributed by atoms with van der Waals surface area (Å²) in [4.78, 5) is 21.2. The van der Waals surface area contributed by atoms with E-state index in [9.17, 15) is 23.7 Å². The van der Waals surface area contributed by atoms with Crippen LogP contribution in [0, 0.1) is 21.7 Å². The van der Waals surface area contributed by atoms with Crippen LogP contribution in [0.15, 0.2) is 29.0 Å². The van der Waals surface area contributed by atoms with Gasteiger partial charge in [-0.2, -0.15) is 15.7 Å². The SMILES string of the molecule is O=C(NCCc1ccsc1)c1cc(F)c([N+](=O)[O-])cc1F. The Labute approximate surface area is 122 Å². The van der Waals surface area contributed by atoms with Gasteiger partial charge in [-0.05, 0) is 34.9 Å². The highest BCUT2D eigenvalue weighted by Crippen LogP contribution is 2.21. The van der Waals surface area contributed by atoms with E-state index < -0.39 is 33.7 Å². The summed E-state index contributed by atoms with van der Waals surface area (Å²) in [7, 11) is 0. The van der Waals surface area contributed by atoms with E-state index >= 15 is 0 Å². The third-order valence-electron chi connectivity index (χ3n) is 2.76. The average molecular weight is 312 g/mol. The van der Waals surface area contributed by atoms with Crippen LogP contribution in [-0.4, -0.2) is 17.4 Å². The lowest BCUT2D eigenvalue weighted by atomic mass is 10.1. The van der Waals surface area contributed by atoms with Crippen molar-refractivity contribution in [1.29, 1.82) is 0 Å². The molecule has 0 aliphatic rings. The first kappa shape index (κ1) is 15.0. The first-order valence-corrected chi connectivity index (χ1v) is 6.86. The maximum atomic E-state index is 13.6. The summed E-state index contributed by atoms with van der Waals surface area (Å²) in [5.41, 5.74) is -0.526. The summed E-state index contributed by atoms with van der Waals surface area (Å²) in [6.07, 6.45) is 0.562. The molecule has 0 spiro atoms. The molecule has 1 aromatic carbocycles. The van der Waals surface area contributed by atoms with Gasteiger partial charge < -0.3 is 5.32 Å². The summed E-state index contributed by atoms with van der Waals surface area (Å²) >= 11 is 1.52. The number of amides is 1. The molecule has 0 atom stereocenters. The van der Waals surface area contributed by atoms with Gasteiger partial charge in [-0.1, -0.05) is 0 Å². The molecular formula is C13H10F2N2O3S. The summed E-state index contributed by atoms with van der Waals surface area (Å²) in [5, 5.41) is 16.7. The van der Waals surface area contributed by atoms with Gasteiger partial charge in [0.25, 0.3) is 5.91 Å². The second-order valence-corrected chi connectivity index (χ2v) is 4.96. The molecule has 1 amide bonds. The highest BCUT2D eigenvalue weighted by molar-refractivity contribution is 7.07. The molecular weight excluding hydrogens is 302 g/mol. The molecule has 21 heavy (non-hydrogen) atoms. The van der Waals surface area contributed by atoms with Crippen LogP contribution in [0.4, 0.5) is 14.5 Å². The van der Waals surface area contributed by atoms with Gasteiger partial charge in [0.15, 0.2) is 0 Å². The fourth-order valence-electron chi connectivity index (χ4n) is 1.70. The third kappa shape index (κ3) is 3.60. The molecule has 2 rings (SSSR count). The van der Waals surface area contributed by atoms with Crippen molar-refractivity contribution in [1.82, 2.24) is 5.32 Å². The van der Waals surface area contributed by atoms with Crippen LogP contribution in [0.25, 0.3) is 0 Å². The van der Waals surface area contributed by atoms with Crippen molar-refractivity contribution in [3.8, 4) is 0 Å². The standard InChI is InChI=1S/C13H10F2N2O3S/c14-10-6-12(17(19)20)11(15)5-9(10)13(18)16-3-1-8-2-4-21-7-8/h2,4-7H,1,3H2,(H,16,18). The van der Waals surface area contributed by atoms with Gasteiger partial charge in [0.05, 0.1) is 16.6 Å². The number of nitro groups is 1. The normalized spacial score (nSPS) is 10.4. The van der Waals surface area contributed by atoms with E-state index in [0.717, 1.165) is 5.56 Å². The molecule has 0 saturated heterocycles. The monoisotopic (exact) mass is 312 g/mol. The van der Waals surface area contributed by atoms with Crippen molar-refractivity contribution in [2.75, 3.05) is 6.54 Å². The first-order chi connectivity index (χ1) is 9.99. The first-order valence-electron chi connectivity index (χ1n) is 5.91. The number of carbonyl (C=O) groups is 1. The largest absolute Gasteiger partial charge is 0.352 e. The smallest absolute Gasteiger partial charge is 0.307 e. The minimum atomic E-state index is -1.25. The number of nitro benzene ring substituents is 1. The molecule has 1 heterocycles. The Hall–Kier alpha value is -2.35. The van der Waals surface area contributed by atoms with Crippen LogP contribution in [0.3, 0.4) is 0 Å². The lowest BCUT2D eigenvalue weighted by Crippen LogP contribution is -2.26. The number of hydrogen-bond donors (Lipinski definition) is 1. The number of nitrogens with one attached hydrogen (secondary N) is 1. The average Bonchev–Trinajstić information content (AvgIpc) is 2.93. The molecule has 0 radical (unpaired) electrons. The van der Waals surface area contributed by atoms with Crippen LogP contribution in [0.1, 0.15) is 15.9 Å². The number of thiophene rings is 1. The fourth-order valence-corrected chi connectivity index (χ4v) is 2.40. The number of rotatable bonds is 5. The Morgan fingerprint density at radius 3 is 2.71 bits per heavy atom. The van der Waals surface area contributed by atoms with Gasteiger partial charge in [0.2, 0.25) is 5.82 Å². The Morgan fingerprint density at radius 1 is 1.33 bits per heavy atom. The molecule has 0 fully saturated rings. The zero-order valence-corrected chi connectivity index (χ0v) is 11.5. The van der Waals surface area contributed by atoms with Crippen molar-refractivity contribution >= 4 is 22.9 Å². The molecule has 5 nitrogen and oxygen atoms in total. The molecule has 110 valence electrons. The van der Waals surface area contributed by atoms with E-state index in [1.807, 2.05) is 16.8 Å². The molecule has 0 saturated carbocycles. The molecule has 0 aliphatic heterocycles. The lowest BCUT2D eigenvalue weighted by molar-refractivity contribution is -0.387. The Kier molecular flexibility index (Phi) is 4.59.